The van der Waals surface area contributed by atoms with Gasteiger partial charge in [0, 0.05) is 32.2 Å². The van der Waals surface area contributed by atoms with E-state index in [1.807, 2.05) is 0 Å². The molecule has 1 saturated heterocycles. The van der Waals surface area contributed by atoms with Crippen LogP contribution in [0.1, 0.15) is 0 Å². The lowest BCUT2D eigenvalue weighted by atomic mass is 10.4. The molecule has 0 N–H and O–H groups in total. The maximum atomic E-state index is 12.3. The SMILES string of the molecule is COc1cc(S(=O)(=O)N2CCN(S(C)(=O)=O)CC2)sn1. The van der Waals surface area contributed by atoms with Gasteiger partial charge in [0.1, 0.15) is 0 Å². The highest BCUT2D eigenvalue weighted by Crippen LogP contribution is 2.25. The molecule has 0 saturated carbocycles. The molecule has 1 aromatic heterocycles. The number of sulfonamides is 2. The Balaban J connectivity index is 2.13. The minimum atomic E-state index is -3.63. The van der Waals surface area contributed by atoms with Crippen LogP contribution < -0.4 is 4.74 Å². The van der Waals surface area contributed by atoms with Gasteiger partial charge in [0.05, 0.1) is 13.4 Å². The third-order valence-corrected chi connectivity index (χ3v) is 7.34. The number of hydrogen-bond acceptors (Lipinski definition) is 7. The summed E-state index contributed by atoms with van der Waals surface area (Å²) in [4.78, 5) is 0. The topological polar surface area (TPSA) is 96.9 Å². The van der Waals surface area contributed by atoms with Gasteiger partial charge >= 0.3 is 0 Å². The van der Waals surface area contributed by atoms with Crippen molar-refractivity contribution >= 4 is 31.6 Å². The fraction of sp³-hybridized carbons (Fsp3) is 0.667. The first kappa shape index (κ1) is 15.6. The summed E-state index contributed by atoms with van der Waals surface area (Å²) in [6.07, 6.45) is 1.12. The molecule has 0 unspecified atom stereocenters. The number of aromatic nitrogens is 1. The zero-order chi connectivity index (χ0) is 15.0. The van der Waals surface area contributed by atoms with Gasteiger partial charge in [0.25, 0.3) is 10.0 Å². The molecule has 1 aromatic rings. The van der Waals surface area contributed by atoms with E-state index >= 15 is 0 Å². The second-order valence-corrected chi connectivity index (χ2v) is 9.21. The summed E-state index contributed by atoms with van der Waals surface area (Å²) < 4.78 is 58.8. The molecule has 0 aromatic carbocycles. The molecule has 1 aliphatic rings. The second-order valence-electron chi connectivity index (χ2n) is 4.25. The van der Waals surface area contributed by atoms with E-state index in [9.17, 15) is 16.8 Å². The van der Waals surface area contributed by atoms with E-state index in [1.54, 1.807) is 0 Å². The predicted molar refractivity (Wildman–Crippen MR) is 73.8 cm³/mol. The number of piperazine rings is 1. The summed E-state index contributed by atoms with van der Waals surface area (Å²) in [5.74, 6) is 0.253. The largest absolute Gasteiger partial charge is 0.480 e. The van der Waals surface area contributed by atoms with Crippen LogP contribution in [0, 0.1) is 0 Å². The Morgan fingerprint density at radius 2 is 1.70 bits per heavy atom. The highest BCUT2D eigenvalue weighted by molar-refractivity contribution is 7.91. The average Bonchev–Trinajstić information content (AvgIpc) is 2.87. The lowest BCUT2D eigenvalue weighted by Gasteiger charge is -2.31. The van der Waals surface area contributed by atoms with E-state index in [2.05, 4.69) is 4.37 Å². The summed E-state index contributed by atoms with van der Waals surface area (Å²) >= 11 is 0.845. The van der Waals surface area contributed by atoms with Crippen LogP contribution in [0.15, 0.2) is 10.3 Å². The first-order chi connectivity index (χ1) is 9.25. The van der Waals surface area contributed by atoms with E-state index in [0.29, 0.717) is 0 Å². The van der Waals surface area contributed by atoms with E-state index in [-0.39, 0.29) is 36.3 Å². The monoisotopic (exact) mass is 341 g/mol. The normalized spacial score (nSPS) is 19.1. The first-order valence-electron chi connectivity index (χ1n) is 5.71. The summed E-state index contributed by atoms with van der Waals surface area (Å²) in [7, 11) is -5.50. The van der Waals surface area contributed by atoms with Gasteiger partial charge in [0.15, 0.2) is 4.21 Å². The predicted octanol–water partition coefficient (Wildman–Crippen LogP) is -0.582. The average molecular weight is 341 g/mol. The van der Waals surface area contributed by atoms with Crippen LogP contribution in [-0.4, -0.2) is 69.4 Å². The standard InChI is InChI=1S/C9H15N3O5S3/c1-17-8-7-9(18-10-8)20(15,16)12-5-3-11(4-6-12)19(2,13)14/h7H,3-6H2,1-2H3. The van der Waals surface area contributed by atoms with Crippen LogP contribution in [0.25, 0.3) is 0 Å². The smallest absolute Gasteiger partial charge is 0.254 e. The molecule has 2 heterocycles. The van der Waals surface area contributed by atoms with Crippen molar-refractivity contribution in [2.45, 2.75) is 4.21 Å². The van der Waals surface area contributed by atoms with Crippen LogP contribution in [0.5, 0.6) is 5.88 Å². The highest BCUT2D eigenvalue weighted by Gasteiger charge is 2.32. The second kappa shape index (κ2) is 5.56. The molecule has 0 amide bonds. The minimum Gasteiger partial charge on any atom is -0.480 e. The lowest BCUT2D eigenvalue weighted by Crippen LogP contribution is -2.50. The van der Waals surface area contributed by atoms with Gasteiger partial charge in [-0.2, -0.15) is 13.0 Å². The van der Waals surface area contributed by atoms with Gasteiger partial charge < -0.3 is 4.74 Å². The molecule has 0 aliphatic carbocycles. The Kier molecular flexibility index (Phi) is 4.35. The molecule has 8 nitrogen and oxygen atoms in total. The molecule has 11 heteroatoms. The number of methoxy groups -OCH3 is 1. The number of rotatable bonds is 4. The summed E-state index contributed by atoms with van der Waals surface area (Å²) in [5, 5.41) is 0. The quantitative estimate of drug-likeness (QED) is 0.727. The fourth-order valence-corrected chi connectivity index (χ4v) is 5.07. The highest BCUT2D eigenvalue weighted by atomic mass is 32.2. The third-order valence-electron chi connectivity index (χ3n) is 2.94. The van der Waals surface area contributed by atoms with Crippen LogP contribution in [0.2, 0.25) is 0 Å². The van der Waals surface area contributed by atoms with Crippen LogP contribution in [0.4, 0.5) is 0 Å². The molecule has 1 fully saturated rings. The van der Waals surface area contributed by atoms with Crippen LogP contribution >= 0.6 is 11.5 Å². The van der Waals surface area contributed by atoms with Crippen molar-refractivity contribution in [1.29, 1.82) is 0 Å². The Bertz CT molecular complexity index is 673. The maximum absolute atomic E-state index is 12.3. The van der Waals surface area contributed by atoms with Gasteiger partial charge in [-0.05, 0) is 11.5 Å². The number of hydrogen-bond donors (Lipinski definition) is 0. The van der Waals surface area contributed by atoms with Crippen molar-refractivity contribution in [3.8, 4) is 5.88 Å². The summed E-state index contributed by atoms with van der Waals surface area (Å²) in [6, 6.07) is 1.36. The van der Waals surface area contributed by atoms with E-state index in [0.717, 1.165) is 17.8 Å². The van der Waals surface area contributed by atoms with Crippen molar-refractivity contribution in [3.05, 3.63) is 6.07 Å². The molecular formula is C9H15N3O5S3. The van der Waals surface area contributed by atoms with E-state index in [1.165, 1.54) is 21.8 Å². The zero-order valence-corrected chi connectivity index (χ0v) is 13.5. The molecule has 2 rings (SSSR count). The molecule has 0 spiro atoms. The molecular weight excluding hydrogens is 326 g/mol. The maximum Gasteiger partial charge on any atom is 0.254 e. The van der Waals surface area contributed by atoms with Gasteiger partial charge in [-0.25, -0.2) is 16.8 Å². The molecule has 20 heavy (non-hydrogen) atoms. The molecule has 0 atom stereocenters. The lowest BCUT2D eigenvalue weighted by molar-refractivity contribution is 0.274. The van der Waals surface area contributed by atoms with E-state index in [4.69, 9.17) is 4.74 Å². The Morgan fingerprint density at radius 3 is 2.15 bits per heavy atom. The van der Waals surface area contributed by atoms with E-state index < -0.39 is 20.0 Å². The molecule has 0 bridgehead atoms. The molecule has 0 radical (unpaired) electrons. The third kappa shape index (κ3) is 3.11. The summed E-state index contributed by atoms with van der Waals surface area (Å²) in [5.41, 5.74) is 0. The summed E-state index contributed by atoms with van der Waals surface area (Å²) in [6.45, 7) is 0.591. The van der Waals surface area contributed by atoms with Gasteiger partial charge in [-0.15, -0.1) is 0 Å². The number of nitrogens with zero attached hydrogens (tertiary/aromatic N) is 3. The van der Waals surface area contributed by atoms with Crippen molar-refractivity contribution in [2.75, 3.05) is 39.5 Å². The Labute approximate surface area is 122 Å². The minimum absolute atomic E-state index is 0.0992. The van der Waals surface area contributed by atoms with Gasteiger partial charge in [-0.3, -0.25) is 0 Å². The zero-order valence-electron chi connectivity index (χ0n) is 11.0. The number of ether oxygens (including phenoxy) is 1. The van der Waals surface area contributed by atoms with Crippen LogP contribution in [0.3, 0.4) is 0 Å². The van der Waals surface area contributed by atoms with Gasteiger partial charge in [0.2, 0.25) is 15.9 Å². The van der Waals surface area contributed by atoms with Crippen molar-refractivity contribution in [2.24, 2.45) is 0 Å². The molecule has 114 valence electrons. The van der Waals surface area contributed by atoms with Crippen LogP contribution in [-0.2, 0) is 20.0 Å². The first-order valence-corrected chi connectivity index (χ1v) is 9.77. The fourth-order valence-electron chi connectivity index (χ4n) is 1.83. The Morgan fingerprint density at radius 1 is 1.15 bits per heavy atom. The van der Waals surface area contributed by atoms with Crippen molar-refractivity contribution in [1.82, 2.24) is 13.0 Å². The van der Waals surface area contributed by atoms with Crippen molar-refractivity contribution < 1.29 is 21.6 Å². The van der Waals surface area contributed by atoms with Crippen molar-refractivity contribution in [3.63, 3.8) is 0 Å². The Hall–Kier alpha value is -0.750. The van der Waals surface area contributed by atoms with Gasteiger partial charge in [-0.1, -0.05) is 0 Å². The molecule has 1 aliphatic heterocycles.